The molecule has 1 fully saturated rings. The Morgan fingerprint density at radius 2 is 1.93 bits per heavy atom. The third-order valence-electron chi connectivity index (χ3n) is 4.95. The van der Waals surface area contributed by atoms with E-state index in [1.807, 2.05) is 19.1 Å². The van der Waals surface area contributed by atoms with E-state index < -0.39 is 0 Å². The summed E-state index contributed by atoms with van der Waals surface area (Å²) in [5, 5.41) is 14.1. The number of carbonyl (C=O) groups is 1. The minimum Gasteiger partial charge on any atom is -0.466 e. The van der Waals surface area contributed by atoms with Gasteiger partial charge in [0.05, 0.1) is 17.4 Å². The summed E-state index contributed by atoms with van der Waals surface area (Å²) in [5.74, 6) is 0.782. The quantitative estimate of drug-likeness (QED) is 0.108. The molecule has 162 valence electrons. The van der Waals surface area contributed by atoms with Crippen molar-refractivity contribution in [2.45, 2.75) is 39.0 Å². The first-order valence-electron chi connectivity index (χ1n) is 9.90. The SMILES string of the molecule is CCOC(=O)C1CCN(C(=NC)NCCCCc2ccc([N+](=O)[O-])cc2)CC1.I. The van der Waals surface area contributed by atoms with Gasteiger partial charge in [-0.05, 0) is 44.6 Å². The molecule has 1 aliphatic rings. The Kier molecular flexibility index (Phi) is 11.6. The van der Waals surface area contributed by atoms with Crippen LogP contribution in [-0.2, 0) is 16.0 Å². The summed E-state index contributed by atoms with van der Waals surface area (Å²) in [6.07, 6.45) is 4.45. The molecule has 29 heavy (non-hydrogen) atoms. The number of nitrogens with one attached hydrogen (secondary N) is 1. The number of piperidine rings is 1. The summed E-state index contributed by atoms with van der Waals surface area (Å²) >= 11 is 0. The van der Waals surface area contributed by atoms with Crippen molar-refractivity contribution in [2.24, 2.45) is 10.9 Å². The van der Waals surface area contributed by atoms with Gasteiger partial charge in [0.15, 0.2) is 5.96 Å². The van der Waals surface area contributed by atoms with E-state index >= 15 is 0 Å². The van der Waals surface area contributed by atoms with E-state index in [9.17, 15) is 14.9 Å². The van der Waals surface area contributed by atoms with E-state index in [-0.39, 0.29) is 46.5 Å². The number of nitro benzene ring substituents is 1. The number of nitrogens with zero attached hydrogens (tertiary/aromatic N) is 3. The molecule has 0 amide bonds. The van der Waals surface area contributed by atoms with Crippen LogP contribution in [0.2, 0.25) is 0 Å². The van der Waals surface area contributed by atoms with Gasteiger partial charge < -0.3 is 15.0 Å². The Morgan fingerprint density at radius 1 is 1.28 bits per heavy atom. The van der Waals surface area contributed by atoms with Crippen molar-refractivity contribution in [1.29, 1.82) is 0 Å². The molecule has 0 bridgehead atoms. The molecule has 1 N–H and O–H groups in total. The Hall–Kier alpha value is -1.91. The number of guanidine groups is 1. The van der Waals surface area contributed by atoms with Crippen LogP contribution in [0, 0.1) is 16.0 Å². The van der Waals surface area contributed by atoms with E-state index in [4.69, 9.17) is 4.74 Å². The standard InChI is InChI=1S/C20H30N4O4.HI/c1-3-28-19(25)17-11-14-23(15-12-17)20(21-2)22-13-5-4-6-16-7-9-18(10-8-16)24(26)27;/h7-10,17H,3-6,11-15H2,1-2H3,(H,21,22);1H. The fraction of sp³-hybridized carbons (Fsp3) is 0.600. The minimum atomic E-state index is -0.380. The van der Waals surface area contributed by atoms with E-state index in [1.165, 1.54) is 0 Å². The number of aliphatic imine (C=N–C) groups is 1. The molecule has 2 rings (SSSR count). The maximum absolute atomic E-state index is 11.8. The maximum Gasteiger partial charge on any atom is 0.309 e. The lowest BCUT2D eigenvalue weighted by Crippen LogP contribution is -2.46. The summed E-state index contributed by atoms with van der Waals surface area (Å²) in [6, 6.07) is 6.74. The van der Waals surface area contributed by atoms with Crippen LogP contribution >= 0.6 is 24.0 Å². The number of halogens is 1. The molecule has 1 saturated heterocycles. The number of esters is 1. The molecule has 9 heteroatoms. The topological polar surface area (TPSA) is 97.1 Å². The zero-order chi connectivity index (χ0) is 20.4. The monoisotopic (exact) mass is 518 g/mol. The minimum absolute atomic E-state index is 0. The molecule has 1 aromatic rings. The number of benzene rings is 1. The predicted octanol–water partition coefficient (Wildman–Crippen LogP) is 3.39. The van der Waals surface area contributed by atoms with Gasteiger partial charge in [0.25, 0.3) is 5.69 Å². The Bertz CT molecular complexity index is 674. The largest absolute Gasteiger partial charge is 0.466 e. The number of non-ortho nitro benzene ring substituents is 1. The molecular weight excluding hydrogens is 487 g/mol. The number of rotatable bonds is 8. The van der Waals surface area contributed by atoms with Crippen molar-refractivity contribution < 1.29 is 14.5 Å². The average Bonchev–Trinajstić information content (AvgIpc) is 2.71. The molecule has 0 atom stereocenters. The number of hydrogen-bond donors (Lipinski definition) is 1. The van der Waals surface area contributed by atoms with Crippen LogP contribution in [0.1, 0.15) is 38.2 Å². The third-order valence-corrected chi connectivity index (χ3v) is 4.95. The molecule has 0 saturated carbocycles. The van der Waals surface area contributed by atoms with Crippen LogP contribution < -0.4 is 5.32 Å². The van der Waals surface area contributed by atoms with Gasteiger partial charge in [-0.3, -0.25) is 19.9 Å². The van der Waals surface area contributed by atoms with Crippen molar-refractivity contribution in [2.75, 3.05) is 33.3 Å². The molecule has 0 aliphatic carbocycles. The fourth-order valence-corrected chi connectivity index (χ4v) is 3.36. The zero-order valence-electron chi connectivity index (χ0n) is 17.1. The summed E-state index contributed by atoms with van der Waals surface area (Å²) in [7, 11) is 1.77. The first-order valence-corrected chi connectivity index (χ1v) is 9.90. The van der Waals surface area contributed by atoms with Gasteiger partial charge in [-0.1, -0.05) is 12.1 Å². The molecule has 0 spiro atoms. The number of hydrogen-bond acceptors (Lipinski definition) is 5. The van der Waals surface area contributed by atoms with Crippen molar-refractivity contribution in [1.82, 2.24) is 10.2 Å². The summed E-state index contributed by atoms with van der Waals surface area (Å²) in [5.41, 5.74) is 1.23. The number of likely N-dealkylation sites (tertiary alicyclic amines) is 1. The van der Waals surface area contributed by atoms with Gasteiger partial charge >= 0.3 is 5.97 Å². The maximum atomic E-state index is 11.8. The second-order valence-electron chi connectivity index (χ2n) is 6.87. The highest BCUT2D eigenvalue weighted by molar-refractivity contribution is 14.0. The molecule has 1 heterocycles. The van der Waals surface area contributed by atoms with Crippen LogP contribution in [0.4, 0.5) is 5.69 Å². The van der Waals surface area contributed by atoms with Crippen molar-refractivity contribution in [3.63, 3.8) is 0 Å². The lowest BCUT2D eigenvalue weighted by atomic mass is 9.97. The second kappa shape index (κ2) is 13.3. The first-order chi connectivity index (χ1) is 13.5. The zero-order valence-corrected chi connectivity index (χ0v) is 19.5. The predicted molar refractivity (Wildman–Crippen MR) is 124 cm³/mol. The van der Waals surface area contributed by atoms with Crippen LogP contribution in [0.5, 0.6) is 0 Å². The molecule has 0 unspecified atom stereocenters. The highest BCUT2D eigenvalue weighted by Crippen LogP contribution is 2.19. The van der Waals surface area contributed by atoms with Gasteiger partial charge in [0.2, 0.25) is 0 Å². The van der Waals surface area contributed by atoms with Gasteiger partial charge in [-0.25, -0.2) is 0 Å². The molecular formula is C20H31IN4O4. The van der Waals surface area contributed by atoms with Gasteiger partial charge in [-0.15, -0.1) is 24.0 Å². The molecule has 1 aromatic carbocycles. The number of nitro groups is 1. The summed E-state index contributed by atoms with van der Waals surface area (Å²) in [4.78, 5) is 28.7. The van der Waals surface area contributed by atoms with Crippen LogP contribution in [-0.4, -0.2) is 55.0 Å². The van der Waals surface area contributed by atoms with Crippen molar-refractivity contribution in [3.8, 4) is 0 Å². The fourth-order valence-electron chi connectivity index (χ4n) is 3.36. The molecule has 1 aliphatic heterocycles. The van der Waals surface area contributed by atoms with E-state index in [0.717, 1.165) is 63.3 Å². The molecule has 8 nitrogen and oxygen atoms in total. The summed E-state index contributed by atoms with van der Waals surface area (Å²) < 4.78 is 5.11. The number of unbranched alkanes of at least 4 members (excludes halogenated alkanes) is 1. The van der Waals surface area contributed by atoms with Gasteiger partial charge in [0, 0.05) is 38.8 Å². The highest BCUT2D eigenvalue weighted by atomic mass is 127. The Morgan fingerprint density at radius 3 is 2.48 bits per heavy atom. The number of aryl methyl sites for hydroxylation is 1. The molecule has 0 radical (unpaired) electrons. The number of ether oxygens (including phenoxy) is 1. The van der Waals surface area contributed by atoms with E-state index in [0.29, 0.717) is 6.61 Å². The number of carbonyl (C=O) groups excluding carboxylic acids is 1. The van der Waals surface area contributed by atoms with Crippen molar-refractivity contribution in [3.05, 3.63) is 39.9 Å². The Balaban J connectivity index is 0.00000420. The van der Waals surface area contributed by atoms with Crippen LogP contribution in [0.25, 0.3) is 0 Å². The normalized spacial score (nSPS) is 14.8. The highest BCUT2D eigenvalue weighted by Gasteiger charge is 2.27. The van der Waals surface area contributed by atoms with Gasteiger partial charge in [-0.2, -0.15) is 0 Å². The van der Waals surface area contributed by atoms with Crippen molar-refractivity contribution >= 4 is 41.6 Å². The van der Waals surface area contributed by atoms with E-state index in [1.54, 1.807) is 19.2 Å². The molecule has 0 aromatic heterocycles. The Labute approximate surface area is 189 Å². The lowest BCUT2D eigenvalue weighted by molar-refractivity contribution is -0.384. The van der Waals surface area contributed by atoms with Gasteiger partial charge in [0.1, 0.15) is 0 Å². The van der Waals surface area contributed by atoms with Crippen LogP contribution in [0.15, 0.2) is 29.3 Å². The third kappa shape index (κ3) is 8.15. The smallest absolute Gasteiger partial charge is 0.309 e. The first kappa shape index (κ1) is 25.1. The van der Waals surface area contributed by atoms with Crippen LogP contribution in [0.3, 0.4) is 0 Å². The van der Waals surface area contributed by atoms with E-state index in [2.05, 4.69) is 15.2 Å². The summed E-state index contributed by atoms with van der Waals surface area (Å²) in [6.45, 7) is 4.68. The second-order valence-corrected chi connectivity index (χ2v) is 6.87. The lowest BCUT2D eigenvalue weighted by Gasteiger charge is -2.33. The average molecular weight is 518 g/mol.